The molecule has 0 amide bonds. The number of aromatic carboxylic acids is 1. The molecule has 5 nitrogen and oxygen atoms in total. The van der Waals surface area contributed by atoms with Crippen LogP contribution < -0.4 is 4.74 Å². The number of ketones is 1. The van der Waals surface area contributed by atoms with E-state index in [1.807, 2.05) is 0 Å². The third-order valence-corrected chi connectivity index (χ3v) is 3.13. The Balaban J connectivity index is 2.57. The van der Waals surface area contributed by atoms with Gasteiger partial charge in [0.2, 0.25) is 5.78 Å². The zero-order chi connectivity index (χ0) is 15.6. The molecule has 21 heavy (non-hydrogen) atoms. The first-order chi connectivity index (χ1) is 9.93. The molecule has 0 radical (unpaired) electrons. The van der Waals surface area contributed by atoms with E-state index in [1.54, 1.807) is 6.07 Å². The number of phenolic OH excluding ortho intramolecular Hbond substituents is 1. The van der Waals surface area contributed by atoms with Gasteiger partial charge in [0.1, 0.15) is 11.5 Å². The van der Waals surface area contributed by atoms with Crippen molar-refractivity contribution in [3.63, 3.8) is 0 Å². The average Bonchev–Trinajstić information content (AvgIpc) is 2.46. The van der Waals surface area contributed by atoms with Gasteiger partial charge in [0, 0.05) is 5.02 Å². The second-order valence-corrected chi connectivity index (χ2v) is 4.65. The maximum atomic E-state index is 12.5. The fourth-order valence-electron chi connectivity index (χ4n) is 1.85. The molecule has 2 rings (SSSR count). The molecule has 0 aliphatic heterocycles. The number of benzene rings is 2. The number of rotatable bonds is 4. The lowest BCUT2D eigenvalue weighted by Gasteiger charge is -2.09. The van der Waals surface area contributed by atoms with E-state index >= 15 is 0 Å². The van der Waals surface area contributed by atoms with Crippen molar-refractivity contribution in [2.45, 2.75) is 0 Å². The molecule has 0 spiro atoms. The van der Waals surface area contributed by atoms with Crippen LogP contribution in [-0.2, 0) is 0 Å². The van der Waals surface area contributed by atoms with Gasteiger partial charge in [0.05, 0.1) is 23.8 Å². The largest absolute Gasteiger partial charge is 0.507 e. The molecule has 0 aliphatic carbocycles. The van der Waals surface area contributed by atoms with Gasteiger partial charge in [0.25, 0.3) is 0 Å². The average molecular weight is 307 g/mol. The van der Waals surface area contributed by atoms with Crippen molar-refractivity contribution in [3.05, 3.63) is 58.1 Å². The normalized spacial score (nSPS) is 10.2. The number of carbonyl (C=O) groups excluding carboxylic acids is 1. The summed E-state index contributed by atoms with van der Waals surface area (Å²) in [6.45, 7) is 0. The quantitative estimate of drug-likeness (QED) is 0.848. The molecule has 0 saturated carbocycles. The Morgan fingerprint density at radius 3 is 2.43 bits per heavy atom. The Labute approximate surface area is 125 Å². The van der Waals surface area contributed by atoms with Crippen LogP contribution in [0, 0.1) is 0 Å². The number of hydrogen-bond acceptors (Lipinski definition) is 4. The third kappa shape index (κ3) is 2.98. The predicted molar refractivity (Wildman–Crippen MR) is 76.5 cm³/mol. The zero-order valence-corrected chi connectivity index (χ0v) is 11.7. The van der Waals surface area contributed by atoms with Gasteiger partial charge in [-0.1, -0.05) is 11.6 Å². The molecule has 0 saturated heterocycles. The van der Waals surface area contributed by atoms with Gasteiger partial charge in [-0.15, -0.1) is 0 Å². The van der Waals surface area contributed by atoms with E-state index < -0.39 is 11.8 Å². The Kier molecular flexibility index (Phi) is 4.14. The standard InChI is InChI=1S/C15H11ClO5/c1-21-13-5-3-9(16)7-11(13)14(18)10-6-8(15(19)20)2-4-12(10)17/h2-7,17H,1H3,(H,19,20). The highest BCUT2D eigenvalue weighted by molar-refractivity contribution is 6.31. The molecule has 108 valence electrons. The van der Waals surface area contributed by atoms with Crippen LogP contribution >= 0.6 is 11.6 Å². The predicted octanol–water partition coefficient (Wildman–Crippen LogP) is 2.98. The summed E-state index contributed by atoms with van der Waals surface area (Å²) in [5.74, 6) is -1.80. The van der Waals surface area contributed by atoms with Gasteiger partial charge in [-0.3, -0.25) is 4.79 Å². The lowest BCUT2D eigenvalue weighted by Crippen LogP contribution is -2.06. The highest BCUT2D eigenvalue weighted by Crippen LogP contribution is 2.28. The summed E-state index contributed by atoms with van der Waals surface area (Å²) in [6, 6.07) is 7.96. The van der Waals surface area contributed by atoms with Crippen LogP contribution in [0.2, 0.25) is 5.02 Å². The van der Waals surface area contributed by atoms with Crippen molar-refractivity contribution in [2.75, 3.05) is 7.11 Å². The van der Waals surface area contributed by atoms with E-state index in [9.17, 15) is 14.7 Å². The highest BCUT2D eigenvalue weighted by atomic mass is 35.5. The first-order valence-corrected chi connectivity index (χ1v) is 6.26. The lowest BCUT2D eigenvalue weighted by atomic mass is 9.99. The first kappa shape index (κ1) is 14.9. The van der Waals surface area contributed by atoms with Crippen LogP contribution in [0.15, 0.2) is 36.4 Å². The Morgan fingerprint density at radius 2 is 1.81 bits per heavy atom. The van der Waals surface area contributed by atoms with Gasteiger partial charge < -0.3 is 14.9 Å². The minimum absolute atomic E-state index is 0.0999. The van der Waals surface area contributed by atoms with Crippen LogP contribution in [0.5, 0.6) is 11.5 Å². The Bertz CT molecular complexity index is 724. The van der Waals surface area contributed by atoms with E-state index in [2.05, 4.69) is 0 Å². The number of carboxylic acid groups (broad SMARTS) is 1. The maximum Gasteiger partial charge on any atom is 0.335 e. The summed E-state index contributed by atoms with van der Waals surface area (Å²) in [7, 11) is 1.40. The van der Waals surface area contributed by atoms with Crippen molar-refractivity contribution < 1.29 is 24.5 Å². The highest BCUT2D eigenvalue weighted by Gasteiger charge is 2.20. The molecule has 0 aromatic heterocycles. The monoisotopic (exact) mass is 306 g/mol. The van der Waals surface area contributed by atoms with E-state index in [0.29, 0.717) is 5.02 Å². The summed E-state index contributed by atoms with van der Waals surface area (Å²) < 4.78 is 5.08. The maximum absolute atomic E-state index is 12.5. The second kappa shape index (κ2) is 5.85. The first-order valence-electron chi connectivity index (χ1n) is 5.88. The van der Waals surface area contributed by atoms with E-state index in [-0.39, 0.29) is 28.2 Å². The summed E-state index contributed by atoms with van der Waals surface area (Å²) in [5, 5.41) is 19.1. The number of halogens is 1. The second-order valence-electron chi connectivity index (χ2n) is 4.21. The molecule has 0 bridgehead atoms. The van der Waals surface area contributed by atoms with Crippen molar-refractivity contribution in [1.29, 1.82) is 0 Å². The number of carbonyl (C=O) groups is 2. The number of phenols is 1. The summed E-state index contributed by atoms with van der Waals surface area (Å²) in [4.78, 5) is 23.4. The van der Waals surface area contributed by atoms with Crippen molar-refractivity contribution >= 4 is 23.4 Å². The number of ether oxygens (including phenoxy) is 1. The molecular formula is C15H11ClO5. The van der Waals surface area contributed by atoms with Gasteiger partial charge in [-0.05, 0) is 36.4 Å². The number of carboxylic acids is 1. The third-order valence-electron chi connectivity index (χ3n) is 2.89. The van der Waals surface area contributed by atoms with Crippen LogP contribution in [0.1, 0.15) is 26.3 Å². The summed E-state index contributed by atoms with van der Waals surface area (Å²) in [5.41, 5.74) is -0.0875. The fourth-order valence-corrected chi connectivity index (χ4v) is 2.03. The van der Waals surface area contributed by atoms with E-state index in [0.717, 1.165) is 12.1 Å². The minimum Gasteiger partial charge on any atom is -0.507 e. The minimum atomic E-state index is -1.19. The lowest BCUT2D eigenvalue weighted by molar-refractivity contribution is 0.0697. The topological polar surface area (TPSA) is 83.8 Å². The molecule has 0 atom stereocenters. The molecule has 2 aromatic carbocycles. The molecule has 2 aromatic rings. The number of hydrogen-bond donors (Lipinski definition) is 2. The fraction of sp³-hybridized carbons (Fsp3) is 0.0667. The summed E-state index contributed by atoms with van der Waals surface area (Å²) in [6.07, 6.45) is 0. The number of methoxy groups -OCH3 is 1. The van der Waals surface area contributed by atoms with Crippen LogP contribution in [0.4, 0.5) is 0 Å². The van der Waals surface area contributed by atoms with Crippen molar-refractivity contribution in [1.82, 2.24) is 0 Å². The molecule has 0 heterocycles. The summed E-state index contributed by atoms with van der Waals surface area (Å²) >= 11 is 5.86. The van der Waals surface area contributed by atoms with Gasteiger partial charge in [-0.2, -0.15) is 0 Å². The Hall–Kier alpha value is -2.53. The molecular weight excluding hydrogens is 296 g/mol. The Morgan fingerprint density at radius 1 is 1.10 bits per heavy atom. The van der Waals surface area contributed by atoms with E-state index in [4.69, 9.17) is 21.4 Å². The van der Waals surface area contributed by atoms with Crippen molar-refractivity contribution in [2.24, 2.45) is 0 Å². The van der Waals surface area contributed by atoms with Gasteiger partial charge in [-0.25, -0.2) is 4.79 Å². The van der Waals surface area contributed by atoms with Crippen molar-refractivity contribution in [3.8, 4) is 11.5 Å². The van der Waals surface area contributed by atoms with Crippen LogP contribution in [-0.4, -0.2) is 29.1 Å². The smallest absolute Gasteiger partial charge is 0.335 e. The molecule has 0 unspecified atom stereocenters. The zero-order valence-electron chi connectivity index (χ0n) is 11.0. The van der Waals surface area contributed by atoms with Crippen LogP contribution in [0.3, 0.4) is 0 Å². The molecule has 2 N–H and O–H groups in total. The SMILES string of the molecule is COc1ccc(Cl)cc1C(=O)c1cc(C(=O)O)ccc1O. The number of aromatic hydroxyl groups is 1. The van der Waals surface area contributed by atoms with Crippen LogP contribution in [0.25, 0.3) is 0 Å². The van der Waals surface area contributed by atoms with Gasteiger partial charge in [0.15, 0.2) is 0 Å². The van der Waals surface area contributed by atoms with Gasteiger partial charge >= 0.3 is 5.97 Å². The molecule has 0 aliphatic rings. The molecule has 6 heteroatoms. The van der Waals surface area contributed by atoms with E-state index in [1.165, 1.54) is 25.3 Å². The molecule has 0 fully saturated rings.